The quantitative estimate of drug-likeness (QED) is 0.920. The van der Waals surface area contributed by atoms with Crippen LogP contribution < -0.4 is 0 Å². The second kappa shape index (κ2) is 6.89. The summed E-state index contributed by atoms with van der Waals surface area (Å²) < 4.78 is 0. The van der Waals surface area contributed by atoms with Gasteiger partial charge in [-0.1, -0.05) is 18.9 Å². The zero-order chi connectivity index (χ0) is 16.4. The number of carbonyl (C=O) groups is 1. The highest BCUT2D eigenvalue weighted by Crippen LogP contribution is 2.23. The van der Waals surface area contributed by atoms with Gasteiger partial charge in [-0.3, -0.25) is 9.69 Å². The van der Waals surface area contributed by atoms with Gasteiger partial charge in [0.15, 0.2) is 0 Å². The molecular formula is C18H25N5O. The molecule has 6 nitrogen and oxygen atoms in total. The number of benzene rings is 1. The van der Waals surface area contributed by atoms with Gasteiger partial charge in [0.05, 0.1) is 5.56 Å². The van der Waals surface area contributed by atoms with E-state index in [-0.39, 0.29) is 5.91 Å². The van der Waals surface area contributed by atoms with Gasteiger partial charge in [-0.15, -0.1) is 0 Å². The highest BCUT2D eigenvalue weighted by Gasteiger charge is 2.29. The van der Waals surface area contributed by atoms with Crippen LogP contribution in [0, 0.1) is 0 Å². The number of nitrogens with one attached hydrogen (secondary N) is 1. The molecule has 2 aliphatic heterocycles. The zero-order valence-corrected chi connectivity index (χ0v) is 14.1. The molecule has 2 saturated heterocycles. The van der Waals surface area contributed by atoms with Crippen molar-refractivity contribution in [3.05, 3.63) is 23.8 Å². The number of hydrogen-bond donors (Lipinski definition) is 1. The molecular weight excluding hydrogens is 302 g/mol. The molecule has 0 radical (unpaired) electrons. The zero-order valence-electron chi connectivity index (χ0n) is 14.1. The van der Waals surface area contributed by atoms with E-state index in [2.05, 4.69) is 20.3 Å². The summed E-state index contributed by atoms with van der Waals surface area (Å²) in [7, 11) is 0. The maximum atomic E-state index is 13.0. The average molecular weight is 327 g/mol. The lowest BCUT2D eigenvalue weighted by atomic mass is 10.0. The molecule has 1 atom stereocenters. The number of likely N-dealkylation sites (tertiary alicyclic amines) is 2. The van der Waals surface area contributed by atoms with Crippen LogP contribution in [-0.4, -0.2) is 63.3 Å². The van der Waals surface area contributed by atoms with Crippen LogP contribution in [0.4, 0.5) is 0 Å². The normalized spacial score (nSPS) is 23.3. The minimum Gasteiger partial charge on any atom is -0.337 e. The van der Waals surface area contributed by atoms with Crippen LogP contribution in [0.25, 0.3) is 11.0 Å². The number of para-hydroxylation sites is 1. The molecule has 2 fully saturated rings. The fourth-order valence-electron chi connectivity index (χ4n) is 4.11. The second-order valence-electron chi connectivity index (χ2n) is 6.99. The van der Waals surface area contributed by atoms with Crippen molar-refractivity contribution in [2.75, 3.05) is 26.2 Å². The number of carbonyl (C=O) groups excluding carboxylic acids is 1. The summed E-state index contributed by atoms with van der Waals surface area (Å²) in [6.07, 6.45) is 7.57. The Kier molecular flexibility index (Phi) is 4.47. The first kappa shape index (κ1) is 15.6. The molecule has 2 aromatic rings. The Morgan fingerprint density at radius 3 is 2.71 bits per heavy atom. The van der Waals surface area contributed by atoms with Gasteiger partial charge in [0.2, 0.25) is 0 Å². The van der Waals surface area contributed by atoms with Crippen molar-refractivity contribution in [2.45, 2.75) is 44.6 Å². The number of piperidine rings is 1. The number of aromatic nitrogens is 3. The molecule has 1 N–H and O–H groups in total. The van der Waals surface area contributed by atoms with Crippen molar-refractivity contribution in [2.24, 2.45) is 0 Å². The molecule has 6 heteroatoms. The minimum atomic E-state index is 0.0917. The highest BCUT2D eigenvalue weighted by atomic mass is 16.2. The van der Waals surface area contributed by atoms with E-state index >= 15 is 0 Å². The molecule has 24 heavy (non-hydrogen) atoms. The topological polar surface area (TPSA) is 65.1 Å². The maximum Gasteiger partial charge on any atom is 0.256 e. The number of aromatic amines is 1. The Hall–Kier alpha value is -1.95. The lowest BCUT2D eigenvalue weighted by Gasteiger charge is -2.39. The molecule has 128 valence electrons. The van der Waals surface area contributed by atoms with E-state index in [0.29, 0.717) is 17.1 Å². The van der Waals surface area contributed by atoms with Crippen LogP contribution in [0.2, 0.25) is 0 Å². The van der Waals surface area contributed by atoms with E-state index in [1.807, 2.05) is 23.1 Å². The molecule has 3 heterocycles. The minimum absolute atomic E-state index is 0.0917. The average Bonchev–Trinajstić information content (AvgIpc) is 2.94. The molecule has 1 aromatic heterocycles. The Labute approximate surface area is 142 Å². The Bertz CT molecular complexity index is 704. The highest BCUT2D eigenvalue weighted by molar-refractivity contribution is 6.04. The molecule has 0 saturated carbocycles. The molecule has 4 rings (SSSR count). The van der Waals surface area contributed by atoms with E-state index in [4.69, 9.17) is 0 Å². The molecule has 1 aromatic carbocycles. The third-order valence-electron chi connectivity index (χ3n) is 5.42. The number of nitrogens with zero attached hydrogens (tertiary/aromatic N) is 4. The SMILES string of the molecule is O=C(c1cccc2n[nH]nc12)N1CCC[C@H](N2CCCCCC2)C1. The van der Waals surface area contributed by atoms with Crippen LogP contribution in [0.15, 0.2) is 18.2 Å². The maximum absolute atomic E-state index is 13.0. The Balaban J connectivity index is 1.51. The van der Waals surface area contributed by atoms with Gasteiger partial charge in [0.1, 0.15) is 11.0 Å². The van der Waals surface area contributed by atoms with Gasteiger partial charge in [-0.25, -0.2) is 0 Å². The van der Waals surface area contributed by atoms with E-state index in [1.165, 1.54) is 45.2 Å². The van der Waals surface area contributed by atoms with Crippen molar-refractivity contribution in [1.82, 2.24) is 25.2 Å². The lowest BCUT2D eigenvalue weighted by molar-refractivity contribution is 0.0580. The van der Waals surface area contributed by atoms with Crippen LogP contribution in [0.3, 0.4) is 0 Å². The monoisotopic (exact) mass is 327 g/mol. The fraction of sp³-hybridized carbons (Fsp3) is 0.611. The van der Waals surface area contributed by atoms with Crippen molar-refractivity contribution >= 4 is 16.9 Å². The fourth-order valence-corrected chi connectivity index (χ4v) is 4.11. The number of hydrogen-bond acceptors (Lipinski definition) is 4. The molecule has 0 aliphatic carbocycles. The summed E-state index contributed by atoms with van der Waals surface area (Å²) >= 11 is 0. The van der Waals surface area contributed by atoms with Gasteiger partial charge >= 0.3 is 0 Å². The second-order valence-corrected chi connectivity index (χ2v) is 6.99. The first-order valence-electron chi connectivity index (χ1n) is 9.16. The number of fused-ring (bicyclic) bond motifs is 1. The number of H-pyrrole nitrogens is 1. The predicted molar refractivity (Wildman–Crippen MR) is 92.9 cm³/mol. The van der Waals surface area contributed by atoms with Crippen LogP contribution in [0.5, 0.6) is 0 Å². The molecule has 0 spiro atoms. The van der Waals surface area contributed by atoms with Crippen molar-refractivity contribution in [1.29, 1.82) is 0 Å². The van der Waals surface area contributed by atoms with Gasteiger partial charge in [0.25, 0.3) is 5.91 Å². The van der Waals surface area contributed by atoms with E-state index in [0.717, 1.165) is 25.0 Å². The number of amides is 1. The first-order chi connectivity index (χ1) is 11.8. The first-order valence-corrected chi connectivity index (χ1v) is 9.16. The third kappa shape index (κ3) is 3.02. The van der Waals surface area contributed by atoms with E-state index < -0.39 is 0 Å². The van der Waals surface area contributed by atoms with Crippen LogP contribution >= 0.6 is 0 Å². The Morgan fingerprint density at radius 2 is 1.88 bits per heavy atom. The summed E-state index contributed by atoms with van der Waals surface area (Å²) in [4.78, 5) is 17.7. The smallest absolute Gasteiger partial charge is 0.256 e. The lowest BCUT2D eigenvalue weighted by Crippen LogP contribution is -2.50. The number of rotatable bonds is 2. The largest absolute Gasteiger partial charge is 0.337 e. The molecule has 2 aliphatic rings. The van der Waals surface area contributed by atoms with Crippen molar-refractivity contribution < 1.29 is 4.79 Å². The Morgan fingerprint density at radius 1 is 1.04 bits per heavy atom. The third-order valence-corrected chi connectivity index (χ3v) is 5.42. The predicted octanol–water partition coefficient (Wildman–Crippen LogP) is 2.44. The molecule has 1 amide bonds. The summed E-state index contributed by atoms with van der Waals surface area (Å²) in [5, 5.41) is 10.9. The summed E-state index contributed by atoms with van der Waals surface area (Å²) in [5.74, 6) is 0.0917. The molecule has 0 bridgehead atoms. The van der Waals surface area contributed by atoms with Crippen LogP contribution in [-0.2, 0) is 0 Å². The van der Waals surface area contributed by atoms with Crippen LogP contribution in [0.1, 0.15) is 48.9 Å². The van der Waals surface area contributed by atoms with E-state index in [9.17, 15) is 4.79 Å². The van der Waals surface area contributed by atoms with Crippen molar-refractivity contribution in [3.8, 4) is 0 Å². The van der Waals surface area contributed by atoms with E-state index in [1.54, 1.807) is 0 Å². The van der Waals surface area contributed by atoms with Gasteiger partial charge < -0.3 is 4.90 Å². The van der Waals surface area contributed by atoms with Gasteiger partial charge in [0, 0.05) is 19.1 Å². The summed E-state index contributed by atoms with van der Waals surface area (Å²) in [6.45, 7) is 4.06. The summed E-state index contributed by atoms with van der Waals surface area (Å²) in [5.41, 5.74) is 2.10. The van der Waals surface area contributed by atoms with Gasteiger partial charge in [-0.05, 0) is 50.9 Å². The standard InChI is InChI=1S/C18H25N5O/c24-18(15-8-5-9-16-17(15)20-21-19-16)23-12-6-7-14(13-23)22-10-3-1-2-4-11-22/h5,8-9,14H,1-4,6-7,10-13H2,(H,19,20,21)/t14-/m0/s1. The molecule has 0 unspecified atom stereocenters. The summed E-state index contributed by atoms with van der Waals surface area (Å²) in [6, 6.07) is 6.14. The van der Waals surface area contributed by atoms with Crippen molar-refractivity contribution in [3.63, 3.8) is 0 Å². The van der Waals surface area contributed by atoms with Gasteiger partial charge in [-0.2, -0.15) is 15.4 Å².